The van der Waals surface area contributed by atoms with Crippen LogP contribution in [0.1, 0.15) is 23.0 Å². The van der Waals surface area contributed by atoms with Crippen molar-refractivity contribution < 1.29 is 13.2 Å². The SMILES string of the molecule is C/C(=N\NC(=O)c1ccccc1NS(=O)(=O)c1cccs1)c1ccc[nH]1. The molecule has 0 aliphatic rings. The molecule has 1 aromatic carbocycles. The maximum absolute atomic E-state index is 12.5. The molecule has 3 aromatic rings. The lowest BCUT2D eigenvalue weighted by molar-refractivity contribution is 0.0955. The number of aromatic nitrogens is 1. The monoisotopic (exact) mass is 388 g/mol. The van der Waals surface area contributed by atoms with E-state index in [1.165, 1.54) is 18.2 Å². The molecule has 0 saturated heterocycles. The van der Waals surface area contributed by atoms with Gasteiger partial charge in [0, 0.05) is 6.20 Å². The smallest absolute Gasteiger partial charge is 0.273 e. The van der Waals surface area contributed by atoms with E-state index in [4.69, 9.17) is 0 Å². The summed E-state index contributed by atoms with van der Waals surface area (Å²) in [5, 5.41) is 5.71. The summed E-state index contributed by atoms with van der Waals surface area (Å²) in [5.74, 6) is -0.514. The topological polar surface area (TPSA) is 103 Å². The number of sulfonamides is 1. The van der Waals surface area contributed by atoms with Crippen LogP contribution in [0.3, 0.4) is 0 Å². The van der Waals surface area contributed by atoms with Crippen molar-refractivity contribution in [3.63, 3.8) is 0 Å². The third kappa shape index (κ3) is 4.01. The van der Waals surface area contributed by atoms with Crippen LogP contribution in [0.2, 0.25) is 0 Å². The summed E-state index contributed by atoms with van der Waals surface area (Å²) in [6, 6.07) is 13.2. The number of aromatic amines is 1. The number of hydrogen-bond donors (Lipinski definition) is 3. The fraction of sp³-hybridized carbons (Fsp3) is 0.0588. The van der Waals surface area contributed by atoms with Gasteiger partial charge in [0.2, 0.25) is 0 Å². The van der Waals surface area contributed by atoms with Gasteiger partial charge in [0.1, 0.15) is 4.21 Å². The molecular formula is C17H16N4O3S2. The predicted octanol–water partition coefficient (Wildman–Crippen LogP) is 3.03. The molecule has 2 heterocycles. The van der Waals surface area contributed by atoms with Gasteiger partial charge in [-0.15, -0.1) is 11.3 Å². The molecule has 0 bridgehead atoms. The van der Waals surface area contributed by atoms with Crippen LogP contribution >= 0.6 is 11.3 Å². The van der Waals surface area contributed by atoms with E-state index in [-0.39, 0.29) is 15.5 Å². The molecule has 134 valence electrons. The Hall–Kier alpha value is -2.91. The number of carbonyl (C=O) groups is 1. The largest absolute Gasteiger partial charge is 0.360 e. The van der Waals surface area contributed by atoms with Crippen molar-refractivity contribution >= 4 is 38.7 Å². The second-order valence-corrected chi connectivity index (χ2v) is 8.16. The molecule has 7 nitrogen and oxygen atoms in total. The van der Waals surface area contributed by atoms with Crippen LogP contribution < -0.4 is 10.1 Å². The molecule has 9 heteroatoms. The summed E-state index contributed by atoms with van der Waals surface area (Å²) >= 11 is 1.10. The van der Waals surface area contributed by atoms with Crippen molar-refractivity contribution in [2.75, 3.05) is 4.72 Å². The van der Waals surface area contributed by atoms with Crippen molar-refractivity contribution in [1.82, 2.24) is 10.4 Å². The maximum atomic E-state index is 12.5. The molecule has 0 aliphatic heterocycles. The van der Waals surface area contributed by atoms with Gasteiger partial charge in [0.25, 0.3) is 15.9 Å². The highest BCUT2D eigenvalue weighted by molar-refractivity contribution is 7.94. The number of nitrogens with one attached hydrogen (secondary N) is 3. The molecule has 1 amide bonds. The van der Waals surface area contributed by atoms with E-state index in [9.17, 15) is 13.2 Å². The van der Waals surface area contributed by atoms with Crippen LogP contribution in [0.4, 0.5) is 5.69 Å². The number of amides is 1. The van der Waals surface area contributed by atoms with Crippen LogP contribution in [0.5, 0.6) is 0 Å². The minimum absolute atomic E-state index is 0.174. The average molecular weight is 388 g/mol. The Bertz CT molecular complexity index is 1020. The first kappa shape index (κ1) is 17.9. The van der Waals surface area contributed by atoms with Crippen molar-refractivity contribution in [3.8, 4) is 0 Å². The maximum Gasteiger partial charge on any atom is 0.273 e. The summed E-state index contributed by atoms with van der Waals surface area (Å²) in [4.78, 5) is 15.4. The zero-order valence-corrected chi connectivity index (χ0v) is 15.4. The lowest BCUT2D eigenvalue weighted by Gasteiger charge is -2.10. The summed E-state index contributed by atoms with van der Waals surface area (Å²) in [6.07, 6.45) is 1.75. The second-order valence-electron chi connectivity index (χ2n) is 5.31. The van der Waals surface area contributed by atoms with Gasteiger partial charge in [0.15, 0.2) is 0 Å². The number of hydrogen-bond acceptors (Lipinski definition) is 5. The lowest BCUT2D eigenvalue weighted by Crippen LogP contribution is -2.22. The Kier molecular flexibility index (Phi) is 5.19. The molecule has 0 aliphatic carbocycles. The number of benzene rings is 1. The fourth-order valence-electron chi connectivity index (χ4n) is 2.19. The van der Waals surface area contributed by atoms with Crippen molar-refractivity contribution in [2.24, 2.45) is 5.10 Å². The lowest BCUT2D eigenvalue weighted by atomic mass is 10.2. The molecule has 0 fully saturated rings. The summed E-state index contributed by atoms with van der Waals surface area (Å²) in [6.45, 7) is 1.75. The van der Waals surface area contributed by atoms with Crippen molar-refractivity contribution in [3.05, 3.63) is 71.4 Å². The van der Waals surface area contributed by atoms with Crippen molar-refractivity contribution in [2.45, 2.75) is 11.1 Å². The Morgan fingerprint density at radius 3 is 2.62 bits per heavy atom. The Labute approximate surface area is 154 Å². The molecule has 0 saturated carbocycles. The first-order chi connectivity index (χ1) is 12.5. The Morgan fingerprint density at radius 1 is 1.12 bits per heavy atom. The highest BCUT2D eigenvalue weighted by atomic mass is 32.2. The van der Waals surface area contributed by atoms with Gasteiger partial charge in [-0.25, -0.2) is 13.8 Å². The first-order valence-corrected chi connectivity index (χ1v) is 9.97. The average Bonchev–Trinajstić information content (AvgIpc) is 3.33. The van der Waals surface area contributed by atoms with Crippen LogP contribution in [0, 0.1) is 0 Å². The zero-order chi connectivity index (χ0) is 18.6. The van der Waals surface area contributed by atoms with Gasteiger partial charge in [-0.3, -0.25) is 9.52 Å². The van der Waals surface area contributed by atoms with Gasteiger partial charge in [-0.05, 0) is 42.6 Å². The van der Waals surface area contributed by atoms with Gasteiger partial charge >= 0.3 is 0 Å². The van der Waals surface area contributed by atoms with Gasteiger partial charge in [-0.2, -0.15) is 5.10 Å². The number of anilines is 1. The minimum Gasteiger partial charge on any atom is -0.360 e. The molecule has 3 N–H and O–H groups in total. The van der Waals surface area contributed by atoms with E-state index in [1.807, 2.05) is 12.1 Å². The van der Waals surface area contributed by atoms with Gasteiger partial charge < -0.3 is 4.98 Å². The minimum atomic E-state index is -3.75. The molecule has 3 rings (SSSR count). The fourth-order valence-corrected chi connectivity index (χ4v) is 4.26. The number of nitrogens with zero attached hydrogens (tertiary/aromatic N) is 1. The van der Waals surface area contributed by atoms with E-state index in [0.29, 0.717) is 5.71 Å². The van der Waals surface area contributed by atoms with Crippen LogP contribution in [-0.4, -0.2) is 25.0 Å². The predicted molar refractivity (Wildman–Crippen MR) is 102 cm³/mol. The van der Waals surface area contributed by atoms with E-state index in [1.54, 1.807) is 36.7 Å². The Balaban J connectivity index is 1.81. The van der Waals surface area contributed by atoms with E-state index in [0.717, 1.165) is 17.0 Å². The highest BCUT2D eigenvalue weighted by Gasteiger charge is 2.19. The molecule has 26 heavy (non-hydrogen) atoms. The molecule has 0 unspecified atom stereocenters. The molecule has 0 atom stereocenters. The number of para-hydroxylation sites is 1. The number of carbonyl (C=O) groups excluding carboxylic acids is 1. The number of rotatable bonds is 6. The number of H-pyrrole nitrogens is 1. The normalized spacial score (nSPS) is 12.0. The van der Waals surface area contributed by atoms with Gasteiger partial charge in [-0.1, -0.05) is 18.2 Å². The van der Waals surface area contributed by atoms with Crippen molar-refractivity contribution in [1.29, 1.82) is 0 Å². The summed E-state index contributed by atoms with van der Waals surface area (Å²) in [5.41, 5.74) is 4.18. The van der Waals surface area contributed by atoms with Crippen LogP contribution in [-0.2, 0) is 10.0 Å². The number of hydrazone groups is 1. The molecule has 0 spiro atoms. The molecular weight excluding hydrogens is 372 g/mol. The summed E-state index contributed by atoms with van der Waals surface area (Å²) < 4.78 is 27.4. The van der Waals surface area contributed by atoms with E-state index >= 15 is 0 Å². The van der Waals surface area contributed by atoms with E-state index in [2.05, 4.69) is 20.2 Å². The van der Waals surface area contributed by atoms with Crippen LogP contribution in [0.15, 0.2) is 69.4 Å². The zero-order valence-electron chi connectivity index (χ0n) is 13.8. The highest BCUT2D eigenvalue weighted by Crippen LogP contribution is 2.22. The summed E-state index contributed by atoms with van der Waals surface area (Å²) in [7, 11) is -3.75. The van der Waals surface area contributed by atoms with E-state index < -0.39 is 15.9 Å². The second kappa shape index (κ2) is 7.54. The van der Waals surface area contributed by atoms with Crippen LogP contribution in [0.25, 0.3) is 0 Å². The van der Waals surface area contributed by atoms with Gasteiger partial charge in [0.05, 0.1) is 22.7 Å². The Morgan fingerprint density at radius 2 is 1.92 bits per heavy atom. The first-order valence-electron chi connectivity index (χ1n) is 7.61. The molecule has 0 radical (unpaired) electrons. The number of thiophene rings is 1. The third-order valence-corrected chi connectivity index (χ3v) is 6.25. The standard InChI is InChI=1S/C17H16N4O3S2/c1-12(14-8-4-10-18-14)19-20-17(22)13-6-2-3-7-15(13)21-26(23,24)16-9-5-11-25-16/h2-11,18,21H,1H3,(H,20,22)/b19-12+. The molecule has 2 aromatic heterocycles. The quantitative estimate of drug-likeness (QED) is 0.447. The third-order valence-electron chi connectivity index (χ3n) is 3.49.